The molecule has 0 fully saturated rings. The molecular formula is C20H27BrClNO4. The van der Waals surface area contributed by atoms with E-state index in [0.717, 1.165) is 52.5 Å². The first-order chi connectivity index (χ1) is 12.6. The fourth-order valence-corrected chi connectivity index (χ4v) is 3.34. The van der Waals surface area contributed by atoms with Crippen LogP contribution in [0, 0.1) is 0 Å². The van der Waals surface area contributed by atoms with Crippen LogP contribution in [0.25, 0.3) is 0 Å². The molecule has 0 saturated carbocycles. The lowest BCUT2D eigenvalue weighted by Gasteiger charge is -2.14. The van der Waals surface area contributed by atoms with Crippen molar-refractivity contribution in [1.82, 2.24) is 5.32 Å². The molecule has 0 amide bonds. The van der Waals surface area contributed by atoms with Gasteiger partial charge in [0.2, 0.25) is 0 Å². The Hall–Kier alpha value is -1.63. The summed E-state index contributed by atoms with van der Waals surface area (Å²) in [6.07, 6.45) is 0.899. The summed E-state index contributed by atoms with van der Waals surface area (Å²) < 4.78 is 22.6. The lowest BCUT2D eigenvalue weighted by atomic mass is 10.1. The SMILES string of the molecule is CCOc1cc(CNCCc2ccc(OC)c(OC)c2)cc(Br)c1OC.Cl. The third-order valence-corrected chi connectivity index (χ3v) is 4.53. The largest absolute Gasteiger partial charge is 0.493 e. The Labute approximate surface area is 175 Å². The van der Waals surface area contributed by atoms with Crippen LogP contribution >= 0.6 is 28.3 Å². The maximum absolute atomic E-state index is 5.66. The van der Waals surface area contributed by atoms with E-state index in [1.807, 2.05) is 31.2 Å². The van der Waals surface area contributed by atoms with E-state index in [0.29, 0.717) is 6.61 Å². The molecule has 0 aliphatic rings. The van der Waals surface area contributed by atoms with Gasteiger partial charge in [-0.25, -0.2) is 0 Å². The highest BCUT2D eigenvalue weighted by atomic mass is 79.9. The molecule has 0 aromatic heterocycles. The second-order valence-electron chi connectivity index (χ2n) is 5.66. The Kier molecular flexibility index (Phi) is 10.4. The number of benzene rings is 2. The number of rotatable bonds is 10. The van der Waals surface area contributed by atoms with Crippen molar-refractivity contribution in [2.75, 3.05) is 34.5 Å². The van der Waals surface area contributed by atoms with Gasteiger partial charge in [0, 0.05) is 6.54 Å². The molecule has 0 aliphatic heterocycles. The number of methoxy groups -OCH3 is 3. The van der Waals surface area contributed by atoms with Gasteiger partial charge < -0.3 is 24.3 Å². The van der Waals surface area contributed by atoms with Crippen molar-refractivity contribution < 1.29 is 18.9 Å². The van der Waals surface area contributed by atoms with Crippen molar-refractivity contribution in [2.45, 2.75) is 19.9 Å². The van der Waals surface area contributed by atoms with Gasteiger partial charge in [-0.3, -0.25) is 0 Å². The number of ether oxygens (including phenoxy) is 4. The van der Waals surface area contributed by atoms with E-state index in [9.17, 15) is 0 Å². The number of nitrogens with one attached hydrogen (secondary N) is 1. The molecule has 2 aromatic rings. The molecule has 0 bridgehead atoms. The van der Waals surface area contributed by atoms with E-state index < -0.39 is 0 Å². The fraction of sp³-hybridized carbons (Fsp3) is 0.400. The zero-order valence-electron chi connectivity index (χ0n) is 16.1. The van der Waals surface area contributed by atoms with Gasteiger partial charge in [-0.15, -0.1) is 12.4 Å². The molecule has 27 heavy (non-hydrogen) atoms. The molecule has 0 aliphatic carbocycles. The molecule has 0 unspecified atom stereocenters. The molecule has 0 atom stereocenters. The average molecular weight is 461 g/mol. The summed E-state index contributed by atoms with van der Waals surface area (Å²) in [6, 6.07) is 10.1. The van der Waals surface area contributed by atoms with Gasteiger partial charge in [-0.2, -0.15) is 0 Å². The monoisotopic (exact) mass is 459 g/mol. The predicted octanol–water partition coefficient (Wildman–Crippen LogP) is 4.63. The first-order valence-electron chi connectivity index (χ1n) is 8.53. The highest BCUT2D eigenvalue weighted by molar-refractivity contribution is 9.10. The summed E-state index contributed by atoms with van der Waals surface area (Å²) in [4.78, 5) is 0. The van der Waals surface area contributed by atoms with E-state index >= 15 is 0 Å². The zero-order chi connectivity index (χ0) is 18.9. The first-order valence-corrected chi connectivity index (χ1v) is 9.33. The van der Waals surface area contributed by atoms with Crippen LogP contribution in [-0.4, -0.2) is 34.5 Å². The summed E-state index contributed by atoms with van der Waals surface area (Å²) in [6.45, 7) is 4.15. The molecule has 0 heterocycles. The molecule has 5 nitrogen and oxygen atoms in total. The molecule has 0 radical (unpaired) electrons. The van der Waals surface area contributed by atoms with Crippen molar-refractivity contribution in [1.29, 1.82) is 0 Å². The average Bonchev–Trinajstić information content (AvgIpc) is 2.65. The summed E-state index contributed by atoms with van der Waals surface area (Å²) in [7, 11) is 4.93. The summed E-state index contributed by atoms with van der Waals surface area (Å²) in [5.74, 6) is 2.98. The Balaban J connectivity index is 0.00000364. The molecular weight excluding hydrogens is 434 g/mol. The smallest absolute Gasteiger partial charge is 0.174 e. The van der Waals surface area contributed by atoms with Crippen LogP contribution in [0.3, 0.4) is 0 Å². The zero-order valence-corrected chi connectivity index (χ0v) is 18.5. The maximum Gasteiger partial charge on any atom is 0.174 e. The van der Waals surface area contributed by atoms with E-state index in [2.05, 4.69) is 27.3 Å². The Morgan fingerprint density at radius 3 is 2.22 bits per heavy atom. The lowest BCUT2D eigenvalue weighted by molar-refractivity contribution is 0.309. The Morgan fingerprint density at radius 1 is 0.889 bits per heavy atom. The minimum atomic E-state index is 0. The van der Waals surface area contributed by atoms with Crippen LogP contribution in [0.1, 0.15) is 18.1 Å². The van der Waals surface area contributed by atoms with Gasteiger partial charge in [-0.05, 0) is 71.2 Å². The van der Waals surface area contributed by atoms with E-state index in [1.54, 1.807) is 21.3 Å². The number of halogens is 2. The van der Waals surface area contributed by atoms with Crippen LogP contribution in [-0.2, 0) is 13.0 Å². The maximum atomic E-state index is 5.66. The topological polar surface area (TPSA) is 49.0 Å². The molecule has 1 N–H and O–H groups in total. The molecule has 7 heteroatoms. The number of hydrogen-bond donors (Lipinski definition) is 1. The molecule has 2 aromatic carbocycles. The minimum Gasteiger partial charge on any atom is -0.493 e. The van der Waals surface area contributed by atoms with E-state index in [-0.39, 0.29) is 12.4 Å². The standard InChI is InChI=1S/C20H26BrNO4.ClH/c1-5-26-19-12-15(10-16(21)20(19)25-4)13-22-9-8-14-6-7-17(23-2)18(11-14)24-3;/h6-7,10-12,22H,5,8-9,13H2,1-4H3;1H. The van der Waals surface area contributed by atoms with Crippen LogP contribution in [0.15, 0.2) is 34.8 Å². The van der Waals surface area contributed by atoms with Crippen molar-refractivity contribution in [3.63, 3.8) is 0 Å². The van der Waals surface area contributed by atoms with Gasteiger partial charge in [-0.1, -0.05) is 6.07 Å². The summed E-state index contributed by atoms with van der Waals surface area (Å²) in [5, 5.41) is 3.46. The molecule has 0 saturated heterocycles. The van der Waals surface area contributed by atoms with Crippen LogP contribution in [0.5, 0.6) is 23.0 Å². The number of hydrogen-bond acceptors (Lipinski definition) is 5. The van der Waals surface area contributed by atoms with Crippen LogP contribution in [0.2, 0.25) is 0 Å². The predicted molar refractivity (Wildman–Crippen MR) is 114 cm³/mol. The fourth-order valence-electron chi connectivity index (χ4n) is 2.69. The lowest BCUT2D eigenvalue weighted by Crippen LogP contribution is -2.17. The second-order valence-corrected chi connectivity index (χ2v) is 6.51. The van der Waals surface area contributed by atoms with Gasteiger partial charge >= 0.3 is 0 Å². The van der Waals surface area contributed by atoms with Crippen molar-refractivity contribution in [3.8, 4) is 23.0 Å². The van der Waals surface area contributed by atoms with Crippen molar-refractivity contribution in [2.24, 2.45) is 0 Å². The van der Waals surface area contributed by atoms with Crippen LogP contribution in [0.4, 0.5) is 0 Å². The van der Waals surface area contributed by atoms with Crippen LogP contribution < -0.4 is 24.3 Å². The molecule has 150 valence electrons. The van der Waals surface area contributed by atoms with Crippen molar-refractivity contribution in [3.05, 3.63) is 45.9 Å². The second kappa shape index (κ2) is 12.0. The third-order valence-electron chi connectivity index (χ3n) is 3.94. The van der Waals surface area contributed by atoms with E-state index in [4.69, 9.17) is 18.9 Å². The summed E-state index contributed by atoms with van der Waals surface area (Å²) in [5.41, 5.74) is 2.33. The van der Waals surface area contributed by atoms with Gasteiger partial charge in [0.1, 0.15) is 0 Å². The summed E-state index contributed by atoms with van der Waals surface area (Å²) >= 11 is 3.54. The van der Waals surface area contributed by atoms with Crippen molar-refractivity contribution >= 4 is 28.3 Å². The quantitative estimate of drug-likeness (QED) is 0.524. The van der Waals surface area contributed by atoms with Gasteiger partial charge in [0.05, 0.1) is 32.4 Å². The molecule has 2 rings (SSSR count). The Bertz CT molecular complexity index is 727. The normalized spacial score (nSPS) is 10.1. The molecule has 0 spiro atoms. The highest BCUT2D eigenvalue weighted by Crippen LogP contribution is 2.36. The Morgan fingerprint density at radius 2 is 1.59 bits per heavy atom. The highest BCUT2D eigenvalue weighted by Gasteiger charge is 2.11. The minimum absolute atomic E-state index is 0. The van der Waals surface area contributed by atoms with E-state index in [1.165, 1.54) is 5.56 Å². The van der Waals surface area contributed by atoms with Gasteiger partial charge in [0.25, 0.3) is 0 Å². The first kappa shape index (κ1) is 23.4. The van der Waals surface area contributed by atoms with Gasteiger partial charge in [0.15, 0.2) is 23.0 Å². The third kappa shape index (κ3) is 6.48.